The van der Waals surface area contributed by atoms with Crippen molar-refractivity contribution in [3.05, 3.63) is 21.9 Å². The predicted octanol–water partition coefficient (Wildman–Crippen LogP) is 1.83. The van der Waals surface area contributed by atoms with Gasteiger partial charge in [-0.3, -0.25) is 4.79 Å². The quantitative estimate of drug-likeness (QED) is 0.863. The number of nitrogens with one attached hydrogen (secondary N) is 1. The molecule has 0 bridgehead atoms. The van der Waals surface area contributed by atoms with E-state index < -0.39 is 0 Å². The fourth-order valence-electron chi connectivity index (χ4n) is 2.94. The molecule has 0 spiro atoms. The van der Waals surface area contributed by atoms with Crippen LogP contribution < -0.4 is 5.32 Å². The van der Waals surface area contributed by atoms with Crippen molar-refractivity contribution in [2.24, 2.45) is 0 Å². The van der Waals surface area contributed by atoms with Crippen LogP contribution in [-0.2, 0) is 17.8 Å². The lowest BCUT2D eigenvalue weighted by atomic mass is 10.1. The van der Waals surface area contributed by atoms with Gasteiger partial charge in [0, 0.05) is 44.0 Å². The van der Waals surface area contributed by atoms with E-state index in [0.29, 0.717) is 13.0 Å². The number of urea groups is 1. The van der Waals surface area contributed by atoms with Crippen molar-refractivity contribution < 1.29 is 9.59 Å². The maximum absolute atomic E-state index is 12.1. The third-order valence-corrected chi connectivity index (χ3v) is 5.17. The number of nitrogens with zero attached hydrogens (tertiary/aromatic N) is 2. The topological polar surface area (TPSA) is 52.7 Å². The van der Waals surface area contributed by atoms with Gasteiger partial charge in [-0.1, -0.05) is 0 Å². The molecule has 21 heavy (non-hydrogen) atoms. The van der Waals surface area contributed by atoms with Gasteiger partial charge in [0.2, 0.25) is 5.91 Å². The SMILES string of the molecule is O=C1CCCN1CCCNC(=O)N1CCc2sccc2C1. The van der Waals surface area contributed by atoms with Gasteiger partial charge in [0.15, 0.2) is 0 Å². The van der Waals surface area contributed by atoms with Gasteiger partial charge in [0.1, 0.15) is 0 Å². The summed E-state index contributed by atoms with van der Waals surface area (Å²) >= 11 is 1.78. The Morgan fingerprint density at radius 2 is 2.24 bits per heavy atom. The molecule has 1 aromatic rings. The number of carbonyl (C=O) groups excluding carboxylic acids is 2. The second kappa shape index (κ2) is 6.47. The van der Waals surface area contributed by atoms with Gasteiger partial charge >= 0.3 is 6.03 Å². The minimum absolute atomic E-state index is 0.0135. The molecule has 6 heteroatoms. The molecule has 1 aromatic heterocycles. The summed E-state index contributed by atoms with van der Waals surface area (Å²) in [6.45, 7) is 3.78. The van der Waals surface area contributed by atoms with Crippen LogP contribution in [0.25, 0.3) is 0 Å². The Balaban J connectivity index is 1.38. The molecule has 2 aliphatic heterocycles. The van der Waals surface area contributed by atoms with Crippen molar-refractivity contribution >= 4 is 23.3 Å². The number of hydrogen-bond donors (Lipinski definition) is 1. The zero-order valence-electron chi connectivity index (χ0n) is 12.1. The number of rotatable bonds is 4. The summed E-state index contributed by atoms with van der Waals surface area (Å²) in [4.78, 5) is 28.8. The lowest BCUT2D eigenvalue weighted by Crippen LogP contribution is -2.43. The number of thiophene rings is 1. The Morgan fingerprint density at radius 3 is 3.05 bits per heavy atom. The zero-order chi connectivity index (χ0) is 14.7. The molecule has 0 aromatic carbocycles. The van der Waals surface area contributed by atoms with Gasteiger partial charge in [-0.25, -0.2) is 4.79 Å². The zero-order valence-corrected chi connectivity index (χ0v) is 13.0. The molecule has 0 saturated carbocycles. The predicted molar refractivity (Wildman–Crippen MR) is 82.3 cm³/mol. The minimum atomic E-state index is 0.0135. The van der Waals surface area contributed by atoms with Crippen LogP contribution in [0.3, 0.4) is 0 Å². The highest BCUT2D eigenvalue weighted by molar-refractivity contribution is 7.10. The third-order valence-electron chi connectivity index (χ3n) is 4.15. The number of hydrogen-bond acceptors (Lipinski definition) is 3. The van der Waals surface area contributed by atoms with Crippen LogP contribution in [0.5, 0.6) is 0 Å². The fraction of sp³-hybridized carbons (Fsp3) is 0.600. The van der Waals surface area contributed by atoms with Crippen molar-refractivity contribution in [2.45, 2.75) is 32.2 Å². The van der Waals surface area contributed by atoms with Gasteiger partial charge in [0.05, 0.1) is 0 Å². The molecule has 0 radical (unpaired) electrons. The highest BCUT2D eigenvalue weighted by Crippen LogP contribution is 2.23. The molecule has 3 rings (SSSR count). The van der Waals surface area contributed by atoms with Crippen molar-refractivity contribution in [1.82, 2.24) is 15.1 Å². The Kier molecular flexibility index (Phi) is 4.43. The van der Waals surface area contributed by atoms with Crippen LogP contribution >= 0.6 is 11.3 Å². The molecule has 0 aliphatic carbocycles. The highest BCUT2D eigenvalue weighted by atomic mass is 32.1. The fourth-order valence-corrected chi connectivity index (χ4v) is 3.83. The van der Waals surface area contributed by atoms with E-state index in [1.54, 1.807) is 11.3 Å². The molecule has 3 heterocycles. The normalized spacial score (nSPS) is 18.0. The van der Waals surface area contributed by atoms with Crippen molar-refractivity contribution in [3.63, 3.8) is 0 Å². The molecule has 1 N–H and O–H groups in total. The number of carbonyl (C=O) groups is 2. The molecule has 114 valence electrons. The van der Waals surface area contributed by atoms with Crippen molar-refractivity contribution in [2.75, 3.05) is 26.2 Å². The largest absolute Gasteiger partial charge is 0.343 e. The van der Waals surface area contributed by atoms with E-state index in [1.165, 1.54) is 10.4 Å². The van der Waals surface area contributed by atoms with Gasteiger partial charge in [-0.2, -0.15) is 0 Å². The first-order chi connectivity index (χ1) is 10.2. The molecule has 2 aliphatic rings. The molecular formula is C15H21N3O2S. The summed E-state index contributed by atoms with van der Waals surface area (Å²) in [5.74, 6) is 0.252. The lowest BCUT2D eigenvalue weighted by molar-refractivity contribution is -0.127. The maximum Gasteiger partial charge on any atom is 0.317 e. The van der Waals surface area contributed by atoms with E-state index in [1.807, 2.05) is 9.80 Å². The second-order valence-electron chi connectivity index (χ2n) is 5.61. The summed E-state index contributed by atoms with van der Waals surface area (Å²) in [6, 6.07) is 2.12. The minimum Gasteiger partial charge on any atom is -0.343 e. The Hall–Kier alpha value is -1.56. The van der Waals surface area contributed by atoms with Crippen LogP contribution in [-0.4, -0.2) is 47.9 Å². The first-order valence-corrected chi connectivity index (χ1v) is 8.48. The van der Waals surface area contributed by atoms with E-state index in [0.717, 1.165) is 45.4 Å². The van der Waals surface area contributed by atoms with Gasteiger partial charge in [-0.15, -0.1) is 11.3 Å². The molecular weight excluding hydrogens is 286 g/mol. The smallest absolute Gasteiger partial charge is 0.317 e. The van der Waals surface area contributed by atoms with Crippen LogP contribution in [0.1, 0.15) is 29.7 Å². The molecule has 1 fully saturated rings. The number of fused-ring (bicyclic) bond motifs is 1. The van der Waals surface area contributed by atoms with Crippen LogP contribution in [0.2, 0.25) is 0 Å². The van der Waals surface area contributed by atoms with Gasteiger partial charge in [-0.05, 0) is 36.3 Å². The second-order valence-corrected chi connectivity index (χ2v) is 6.61. The van der Waals surface area contributed by atoms with E-state index in [9.17, 15) is 9.59 Å². The summed E-state index contributed by atoms with van der Waals surface area (Å²) in [6.07, 6.45) is 3.45. The first-order valence-electron chi connectivity index (χ1n) is 7.60. The maximum atomic E-state index is 12.1. The van der Waals surface area contributed by atoms with E-state index in [4.69, 9.17) is 0 Å². The summed E-state index contributed by atoms with van der Waals surface area (Å²) in [7, 11) is 0. The Labute approximate surface area is 128 Å². The van der Waals surface area contributed by atoms with E-state index in [-0.39, 0.29) is 11.9 Å². The standard InChI is InChI=1S/C15H21N3O2S/c19-14-3-1-7-17(14)8-2-6-16-15(20)18-9-4-13-12(11-18)5-10-21-13/h5,10H,1-4,6-9,11H2,(H,16,20). The average Bonchev–Trinajstić information content (AvgIpc) is 3.11. The van der Waals surface area contributed by atoms with Gasteiger partial charge < -0.3 is 15.1 Å². The number of amides is 3. The van der Waals surface area contributed by atoms with Gasteiger partial charge in [0.25, 0.3) is 0 Å². The first kappa shape index (κ1) is 14.4. The van der Waals surface area contributed by atoms with E-state index >= 15 is 0 Å². The molecule has 5 nitrogen and oxygen atoms in total. The Morgan fingerprint density at radius 1 is 1.33 bits per heavy atom. The summed E-state index contributed by atoms with van der Waals surface area (Å²) in [5.41, 5.74) is 1.28. The molecule has 3 amide bonds. The lowest BCUT2D eigenvalue weighted by Gasteiger charge is -2.27. The third kappa shape index (κ3) is 3.37. The summed E-state index contributed by atoms with van der Waals surface area (Å²) < 4.78 is 0. The monoisotopic (exact) mass is 307 g/mol. The van der Waals surface area contributed by atoms with Crippen molar-refractivity contribution in [3.8, 4) is 0 Å². The highest BCUT2D eigenvalue weighted by Gasteiger charge is 2.22. The number of likely N-dealkylation sites (tertiary alicyclic amines) is 1. The van der Waals surface area contributed by atoms with Crippen LogP contribution in [0, 0.1) is 0 Å². The molecule has 1 saturated heterocycles. The van der Waals surface area contributed by atoms with E-state index in [2.05, 4.69) is 16.8 Å². The van der Waals surface area contributed by atoms with Crippen LogP contribution in [0.15, 0.2) is 11.4 Å². The summed E-state index contributed by atoms with van der Waals surface area (Å²) in [5, 5.41) is 5.06. The Bertz CT molecular complexity index is 529. The average molecular weight is 307 g/mol. The molecule has 0 atom stereocenters. The molecule has 0 unspecified atom stereocenters. The van der Waals surface area contributed by atoms with Crippen molar-refractivity contribution in [1.29, 1.82) is 0 Å². The van der Waals surface area contributed by atoms with Crippen LogP contribution in [0.4, 0.5) is 4.79 Å².